The second-order valence-corrected chi connectivity index (χ2v) is 10.1. The number of nitrogens with one attached hydrogen (secondary N) is 2. The Morgan fingerprint density at radius 3 is 2.55 bits per heavy atom. The van der Waals surface area contributed by atoms with Gasteiger partial charge in [0.05, 0.1) is 0 Å². The third-order valence-electron chi connectivity index (χ3n) is 6.44. The minimum atomic E-state index is -0.646. The van der Waals surface area contributed by atoms with Gasteiger partial charge in [-0.2, -0.15) is 0 Å². The number of nitrogens with zero attached hydrogens (tertiary/aromatic N) is 2. The first kappa shape index (κ1) is 23.1. The summed E-state index contributed by atoms with van der Waals surface area (Å²) < 4.78 is 5.85. The number of imide groups is 1. The molecule has 0 saturated carbocycles. The molecule has 3 heterocycles. The minimum Gasteiger partial charge on any atom is -0.425 e. The largest absolute Gasteiger partial charge is 0.425 e. The number of rotatable bonds is 4. The number of carbonyl (C=O) groups excluding carboxylic acids is 4. The van der Waals surface area contributed by atoms with Gasteiger partial charge in [-0.05, 0) is 49.4 Å². The molecule has 33 heavy (non-hydrogen) atoms. The van der Waals surface area contributed by atoms with E-state index in [4.69, 9.17) is 4.74 Å². The SMILES string of the molecule is CC(C)(C)C(Nc1ccc2c(c1)CN(C1CCC(=O)NC1=O)C2=O)OC(=O)N1CCCCC1. The fourth-order valence-corrected chi connectivity index (χ4v) is 4.49. The molecule has 178 valence electrons. The van der Waals surface area contributed by atoms with Crippen molar-refractivity contribution in [2.75, 3.05) is 18.4 Å². The zero-order valence-corrected chi connectivity index (χ0v) is 19.5. The number of likely N-dealkylation sites (tertiary alicyclic amines) is 1. The molecule has 4 amide bonds. The van der Waals surface area contributed by atoms with Gasteiger partial charge in [0, 0.05) is 42.7 Å². The number of ether oxygens (including phenoxy) is 1. The monoisotopic (exact) mass is 456 g/mol. The summed E-state index contributed by atoms with van der Waals surface area (Å²) in [7, 11) is 0. The minimum absolute atomic E-state index is 0.213. The maximum absolute atomic E-state index is 12.9. The van der Waals surface area contributed by atoms with Gasteiger partial charge in [0.15, 0.2) is 6.23 Å². The van der Waals surface area contributed by atoms with Gasteiger partial charge in [0.2, 0.25) is 11.8 Å². The highest BCUT2D eigenvalue weighted by atomic mass is 16.6. The smallest absolute Gasteiger partial charge is 0.411 e. The Morgan fingerprint density at radius 2 is 1.88 bits per heavy atom. The summed E-state index contributed by atoms with van der Waals surface area (Å²) in [6.07, 6.45) is 2.79. The molecule has 0 radical (unpaired) electrons. The van der Waals surface area contributed by atoms with Crippen LogP contribution in [-0.4, -0.2) is 59.0 Å². The first-order chi connectivity index (χ1) is 15.6. The first-order valence-electron chi connectivity index (χ1n) is 11.6. The molecule has 2 fully saturated rings. The van der Waals surface area contributed by atoms with Crippen LogP contribution in [0.5, 0.6) is 0 Å². The average Bonchev–Trinajstić information content (AvgIpc) is 3.09. The van der Waals surface area contributed by atoms with E-state index in [1.807, 2.05) is 26.8 Å². The Balaban J connectivity index is 1.47. The third kappa shape index (κ3) is 4.96. The van der Waals surface area contributed by atoms with Gasteiger partial charge in [0.25, 0.3) is 5.91 Å². The van der Waals surface area contributed by atoms with Crippen LogP contribution in [0.25, 0.3) is 0 Å². The van der Waals surface area contributed by atoms with Gasteiger partial charge in [-0.15, -0.1) is 0 Å². The molecule has 4 rings (SSSR count). The van der Waals surface area contributed by atoms with Crippen molar-refractivity contribution in [1.82, 2.24) is 15.1 Å². The van der Waals surface area contributed by atoms with Gasteiger partial charge in [0.1, 0.15) is 6.04 Å². The number of piperidine rings is 2. The van der Waals surface area contributed by atoms with Crippen LogP contribution in [0, 0.1) is 5.41 Å². The Hall–Kier alpha value is -3.10. The molecule has 2 N–H and O–H groups in total. The predicted molar refractivity (Wildman–Crippen MR) is 121 cm³/mol. The molecule has 0 aromatic heterocycles. The molecule has 9 nitrogen and oxygen atoms in total. The van der Waals surface area contributed by atoms with Crippen LogP contribution in [0.15, 0.2) is 18.2 Å². The molecular weight excluding hydrogens is 424 g/mol. The second kappa shape index (κ2) is 9.03. The molecule has 3 aliphatic rings. The maximum atomic E-state index is 12.9. The highest BCUT2D eigenvalue weighted by molar-refractivity contribution is 6.05. The summed E-state index contributed by atoms with van der Waals surface area (Å²) in [6.45, 7) is 7.71. The summed E-state index contributed by atoms with van der Waals surface area (Å²) >= 11 is 0. The number of carbonyl (C=O) groups is 4. The summed E-state index contributed by atoms with van der Waals surface area (Å²) in [5.74, 6) is -0.947. The molecule has 0 spiro atoms. The molecule has 1 aromatic rings. The van der Waals surface area contributed by atoms with Crippen molar-refractivity contribution in [2.24, 2.45) is 5.41 Å². The molecule has 9 heteroatoms. The van der Waals surface area contributed by atoms with E-state index in [0.29, 0.717) is 31.6 Å². The normalized spacial score (nSPS) is 22.0. The Bertz CT molecular complexity index is 964. The Kier molecular flexibility index (Phi) is 6.32. The molecule has 1 aromatic carbocycles. The fourth-order valence-electron chi connectivity index (χ4n) is 4.49. The molecule has 2 atom stereocenters. The zero-order valence-electron chi connectivity index (χ0n) is 19.5. The Labute approximate surface area is 193 Å². The van der Waals surface area contributed by atoms with Crippen molar-refractivity contribution in [3.05, 3.63) is 29.3 Å². The van der Waals surface area contributed by atoms with Crippen molar-refractivity contribution in [2.45, 2.75) is 71.7 Å². The van der Waals surface area contributed by atoms with Crippen molar-refractivity contribution in [3.63, 3.8) is 0 Å². The predicted octanol–water partition coefficient (Wildman–Crippen LogP) is 2.85. The van der Waals surface area contributed by atoms with Crippen LogP contribution in [-0.2, 0) is 20.9 Å². The van der Waals surface area contributed by atoms with Crippen LogP contribution in [0.1, 0.15) is 68.8 Å². The quantitative estimate of drug-likeness (QED) is 0.533. The highest BCUT2D eigenvalue weighted by Gasteiger charge is 2.39. The molecule has 0 bridgehead atoms. The third-order valence-corrected chi connectivity index (χ3v) is 6.44. The van der Waals surface area contributed by atoms with E-state index in [1.165, 1.54) is 4.90 Å². The topological polar surface area (TPSA) is 108 Å². The van der Waals surface area contributed by atoms with E-state index < -0.39 is 18.2 Å². The number of hydrogen-bond acceptors (Lipinski definition) is 6. The van der Waals surface area contributed by atoms with Gasteiger partial charge in [-0.25, -0.2) is 4.79 Å². The van der Waals surface area contributed by atoms with Crippen LogP contribution in [0.2, 0.25) is 0 Å². The number of hydrogen-bond donors (Lipinski definition) is 2. The highest BCUT2D eigenvalue weighted by Crippen LogP contribution is 2.31. The number of benzene rings is 1. The Morgan fingerprint density at radius 1 is 1.15 bits per heavy atom. The van der Waals surface area contributed by atoms with Gasteiger partial charge < -0.3 is 19.9 Å². The van der Waals surface area contributed by atoms with Crippen molar-refractivity contribution >= 4 is 29.5 Å². The lowest BCUT2D eigenvalue weighted by Gasteiger charge is -2.34. The molecule has 3 aliphatic heterocycles. The van der Waals surface area contributed by atoms with E-state index in [2.05, 4.69) is 10.6 Å². The van der Waals surface area contributed by atoms with E-state index in [0.717, 1.165) is 30.5 Å². The van der Waals surface area contributed by atoms with E-state index in [-0.39, 0.29) is 29.7 Å². The van der Waals surface area contributed by atoms with E-state index >= 15 is 0 Å². The second-order valence-electron chi connectivity index (χ2n) is 10.1. The first-order valence-corrected chi connectivity index (χ1v) is 11.6. The van der Waals surface area contributed by atoms with Crippen molar-refractivity contribution in [1.29, 1.82) is 0 Å². The molecule has 2 saturated heterocycles. The van der Waals surface area contributed by atoms with E-state index in [1.54, 1.807) is 17.0 Å². The number of amides is 4. The van der Waals surface area contributed by atoms with Crippen LogP contribution in [0.3, 0.4) is 0 Å². The molecular formula is C24H32N4O5. The summed E-state index contributed by atoms with van der Waals surface area (Å²) in [4.78, 5) is 52.6. The van der Waals surface area contributed by atoms with Crippen LogP contribution >= 0.6 is 0 Å². The lowest BCUT2D eigenvalue weighted by Crippen LogP contribution is -2.52. The average molecular weight is 457 g/mol. The number of fused-ring (bicyclic) bond motifs is 1. The standard InChI is InChI=1S/C24H32N4O5/c1-24(2,3)22(33-23(32)27-11-5-4-6-12-27)25-16-7-8-17-15(13-16)14-28(21(17)31)18-9-10-19(29)26-20(18)30/h7-8,13,18,22,25H,4-6,9-12,14H2,1-3H3,(H,26,29,30). The summed E-state index contributed by atoms with van der Waals surface area (Å²) in [5.41, 5.74) is 1.71. The fraction of sp³-hybridized carbons (Fsp3) is 0.583. The van der Waals surface area contributed by atoms with Crippen LogP contribution < -0.4 is 10.6 Å². The van der Waals surface area contributed by atoms with Crippen LogP contribution in [0.4, 0.5) is 10.5 Å². The van der Waals surface area contributed by atoms with Gasteiger partial charge >= 0.3 is 6.09 Å². The summed E-state index contributed by atoms with van der Waals surface area (Å²) in [5, 5.41) is 5.64. The molecule has 0 aliphatic carbocycles. The van der Waals surface area contributed by atoms with Gasteiger partial charge in [-0.1, -0.05) is 20.8 Å². The molecule has 2 unspecified atom stereocenters. The van der Waals surface area contributed by atoms with Crippen molar-refractivity contribution in [3.8, 4) is 0 Å². The summed E-state index contributed by atoms with van der Waals surface area (Å²) in [6, 6.07) is 4.75. The maximum Gasteiger partial charge on any atom is 0.411 e. The number of anilines is 1. The lowest BCUT2D eigenvalue weighted by atomic mass is 9.93. The zero-order chi connectivity index (χ0) is 23.8. The van der Waals surface area contributed by atoms with Crippen molar-refractivity contribution < 1.29 is 23.9 Å². The van der Waals surface area contributed by atoms with E-state index in [9.17, 15) is 19.2 Å². The van der Waals surface area contributed by atoms with Gasteiger partial charge in [-0.3, -0.25) is 19.7 Å². The lowest BCUT2D eigenvalue weighted by molar-refractivity contribution is -0.136.